The van der Waals surface area contributed by atoms with Crippen LogP contribution in [0.3, 0.4) is 0 Å². The van der Waals surface area contributed by atoms with Gasteiger partial charge in [-0.25, -0.2) is 4.79 Å². The molecule has 2 N–H and O–H groups in total. The van der Waals surface area contributed by atoms with Crippen molar-refractivity contribution in [1.29, 1.82) is 5.26 Å². The molecule has 5 nitrogen and oxygen atoms in total. The summed E-state index contributed by atoms with van der Waals surface area (Å²) in [5, 5.41) is 14.3. The number of amides is 2. The van der Waals surface area contributed by atoms with Crippen LogP contribution in [0.5, 0.6) is 5.75 Å². The fourth-order valence-electron chi connectivity index (χ4n) is 1.75. The largest absolute Gasteiger partial charge is 0.492 e. The van der Waals surface area contributed by atoms with Crippen LogP contribution in [0.4, 0.5) is 10.5 Å². The molecule has 0 aliphatic rings. The Morgan fingerprint density at radius 1 is 1.23 bits per heavy atom. The van der Waals surface area contributed by atoms with Gasteiger partial charge in [-0.3, -0.25) is 0 Å². The highest BCUT2D eigenvalue weighted by Gasteiger charge is 2.05. The molecule has 0 aliphatic carbocycles. The number of carbonyl (C=O) groups is 1. The standard InChI is InChI=1S/C16H14BrN3O2/c17-13-5-3-6-14(10-13)22-9-8-19-16(21)20-15-7-2-1-4-12(15)11-18/h1-7,10H,8-9H2,(H2,19,20,21). The first kappa shape index (κ1) is 15.9. The Morgan fingerprint density at radius 3 is 2.82 bits per heavy atom. The first-order valence-electron chi connectivity index (χ1n) is 6.61. The van der Waals surface area contributed by atoms with Gasteiger partial charge in [0.25, 0.3) is 0 Å². The lowest BCUT2D eigenvalue weighted by atomic mass is 10.2. The Morgan fingerprint density at radius 2 is 2.05 bits per heavy atom. The normalized spacial score (nSPS) is 9.64. The maximum Gasteiger partial charge on any atom is 0.319 e. The molecule has 0 aliphatic heterocycles. The summed E-state index contributed by atoms with van der Waals surface area (Å²) in [5.41, 5.74) is 0.901. The summed E-state index contributed by atoms with van der Waals surface area (Å²) in [6.07, 6.45) is 0. The maximum absolute atomic E-state index is 11.8. The van der Waals surface area contributed by atoms with Crippen molar-refractivity contribution in [1.82, 2.24) is 5.32 Å². The molecule has 6 heteroatoms. The van der Waals surface area contributed by atoms with Crippen LogP contribution in [0, 0.1) is 11.3 Å². The molecule has 2 aromatic carbocycles. The SMILES string of the molecule is N#Cc1ccccc1NC(=O)NCCOc1cccc(Br)c1. The summed E-state index contributed by atoms with van der Waals surface area (Å²) in [6, 6.07) is 15.9. The Labute approximate surface area is 137 Å². The minimum atomic E-state index is -0.374. The van der Waals surface area contributed by atoms with Gasteiger partial charge in [-0.15, -0.1) is 0 Å². The molecule has 0 atom stereocenters. The van der Waals surface area contributed by atoms with E-state index in [0.717, 1.165) is 10.2 Å². The second-order valence-corrected chi connectivity index (χ2v) is 5.26. The second kappa shape index (κ2) is 8.05. The lowest BCUT2D eigenvalue weighted by Gasteiger charge is -2.10. The van der Waals surface area contributed by atoms with Gasteiger partial charge in [0, 0.05) is 4.47 Å². The van der Waals surface area contributed by atoms with Crippen LogP contribution >= 0.6 is 15.9 Å². The fourth-order valence-corrected chi connectivity index (χ4v) is 2.12. The lowest BCUT2D eigenvalue weighted by molar-refractivity contribution is 0.247. The Hall–Kier alpha value is -2.52. The summed E-state index contributed by atoms with van der Waals surface area (Å²) < 4.78 is 6.44. The third-order valence-corrected chi connectivity index (χ3v) is 3.24. The van der Waals surface area contributed by atoms with E-state index in [4.69, 9.17) is 10.00 Å². The van der Waals surface area contributed by atoms with E-state index in [2.05, 4.69) is 26.6 Å². The van der Waals surface area contributed by atoms with Gasteiger partial charge < -0.3 is 15.4 Å². The average Bonchev–Trinajstić information content (AvgIpc) is 2.52. The second-order valence-electron chi connectivity index (χ2n) is 4.34. The number of benzene rings is 2. The van der Waals surface area contributed by atoms with Gasteiger partial charge >= 0.3 is 6.03 Å². The third-order valence-electron chi connectivity index (χ3n) is 2.75. The van der Waals surface area contributed by atoms with Gasteiger partial charge in [0.15, 0.2) is 0 Å². The maximum atomic E-state index is 11.8. The first-order valence-corrected chi connectivity index (χ1v) is 7.40. The van der Waals surface area contributed by atoms with Gasteiger partial charge in [-0.05, 0) is 30.3 Å². The summed E-state index contributed by atoms with van der Waals surface area (Å²) in [4.78, 5) is 11.8. The molecular weight excluding hydrogens is 346 g/mol. The van der Waals surface area contributed by atoms with Crippen LogP contribution in [0.15, 0.2) is 53.0 Å². The highest BCUT2D eigenvalue weighted by molar-refractivity contribution is 9.10. The predicted molar refractivity (Wildman–Crippen MR) is 87.8 cm³/mol. The number of ether oxygens (including phenoxy) is 1. The number of nitrogens with one attached hydrogen (secondary N) is 2. The van der Waals surface area contributed by atoms with Crippen LogP contribution in [0.25, 0.3) is 0 Å². The number of nitrogens with zero attached hydrogens (tertiary/aromatic N) is 1. The molecule has 112 valence electrons. The van der Waals surface area contributed by atoms with E-state index in [1.807, 2.05) is 30.3 Å². The smallest absolute Gasteiger partial charge is 0.319 e. The summed E-state index contributed by atoms with van der Waals surface area (Å²) in [5.74, 6) is 0.728. The number of anilines is 1. The van der Waals surface area contributed by atoms with E-state index in [0.29, 0.717) is 24.4 Å². The topological polar surface area (TPSA) is 74.2 Å². The van der Waals surface area contributed by atoms with E-state index >= 15 is 0 Å². The van der Waals surface area contributed by atoms with E-state index in [1.165, 1.54) is 0 Å². The summed E-state index contributed by atoms with van der Waals surface area (Å²) in [6.45, 7) is 0.705. The number of rotatable bonds is 5. The van der Waals surface area contributed by atoms with Crippen LogP contribution < -0.4 is 15.4 Å². The van der Waals surface area contributed by atoms with Gasteiger partial charge in [0.1, 0.15) is 18.4 Å². The zero-order valence-corrected chi connectivity index (χ0v) is 13.3. The van der Waals surface area contributed by atoms with E-state index in [9.17, 15) is 4.79 Å². The third kappa shape index (κ3) is 4.79. The van der Waals surface area contributed by atoms with Gasteiger partial charge in [0.2, 0.25) is 0 Å². The molecular formula is C16H14BrN3O2. The number of halogens is 1. The highest BCUT2D eigenvalue weighted by Crippen LogP contribution is 2.17. The van der Waals surface area contributed by atoms with E-state index in [1.54, 1.807) is 24.3 Å². The highest BCUT2D eigenvalue weighted by atomic mass is 79.9. The molecule has 2 rings (SSSR count). The molecule has 0 spiro atoms. The van der Waals surface area contributed by atoms with Crippen molar-refractivity contribution in [2.75, 3.05) is 18.5 Å². The minimum absolute atomic E-state index is 0.351. The van der Waals surface area contributed by atoms with E-state index < -0.39 is 0 Å². The Kier molecular flexibility index (Phi) is 5.81. The monoisotopic (exact) mass is 359 g/mol. The average molecular weight is 360 g/mol. The van der Waals surface area contributed by atoms with Crippen molar-refractivity contribution < 1.29 is 9.53 Å². The lowest BCUT2D eigenvalue weighted by Crippen LogP contribution is -2.32. The van der Waals surface area contributed by atoms with Crippen molar-refractivity contribution >= 4 is 27.6 Å². The quantitative estimate of drug-likeness (QED) is 0.802. The van der Waals surface area contributed by atoms with Gasteiger partial charge in [-0.1, -0.05) is 34.1 Å². The van der Waals surface area contributed by atoms with Crippen molar-refractivity contribution in [3.8, 4) is 11.8 Å². The van der Waals surface area contributed by atoms with Crippen molar-refractivity contribution in [3.05, 3.63) is 58.6 Å². The summed E-state index contributed by atoms with van der Waals surface area (Å²) in [7, 11) is 0. The Balaban J connectivity index is 1.75. The van der Waals surface area contributed by atoms with Crippen molar-refractivity contribution in [2.24, 2.45) is 0 Å². The molecule has 2 aromatic rings. The molecule has 22 heavy (non-hydrogen) atoms. The molecule has 0 saturated heterocycles. The molecule has 0 bridgehead atoms. The number of urea groups is 1. The predicted octanol–water partition coefficient (Wildman–Crippen LogP) is 3.52. The van der Waals surface area contributed by atoms with Crippen LogP contribution in [0.1, 0.15) is 5.56 Å². The van der Waals surface area contributed by atoms with Crippen LogP contribution in [-0.4, -0.2) is 19.2 Å². The molecule has 0 heterocycles. The zero-order chi connectivity index (χ0) is 15.8. The van der Waals surface area contributed by atoms with Crippen LogP contribution in [-0.2, 0) is 0 Å². The molecule has 0 fully saturated rings. The van der Waals surface area contributed by atoms with E-state index in [-0.39, 0.29) is 6.03 Å². The number of nitriles is 1. The molecule has 0 radical (unpaired) electrons. The minimum Gasteiger partial charge on any atom is -0.492 e. The number of hydrogen-bond acceptors (Lipinski definition) is 3. The number of carbonyl (C=O) groups excluding carboxylic acids is 1. The molecule has 0 saturated carbocycles. The molecule has 0 aromatic heterocycles. The fraction of sp³-hybridized carbons (Fsp3) is 0.125. The molecule has 2 amide bonds. The van der Waals surface area contributed by atoms with Crippen molar-refractivity contribution in [3.63, 3.8) is 0 Å². The van der Waals surface area contributed by atoms with Crippen molar-refractivity contribution in [2.45, 2.75) is 0 Å². The van der Waals surface area contributed by atoms with Gasteiger partial charge in [-0.2, -0.15) is 5.26 Å². The molecule has 0 unspecified atom stereocenters. The van der Waals surface area contributed by atoms with Crippen LogP contribution in [0.2, 0.25) is 0 Å². The first-order chi connectivity index (χ1) is 10.7. The Bertz CT molecular complexity index is 698. The summed E-state index contributed by atoms with van der Waals surface area (Å²) >= 11 is 3.36. The number of hydrogen-bond donors (Lipinski definition) is 2. The van der Waals surface area contributed by atoms with Gasteiger partial charge in [0.05, 0.1) is 17.8 Å². The zero-order valence-electron chi connectivity index (χ0n) is 11.7. The number of para-hydroxylation sites is 1.